The molecule has 0 saturated carbocycles. The fraction of sp³-hybridized carbons (Fsp3) is 0.273. The first-order valence-electron chi connectivity index (χ1n) is 8.74. The van der Waals surface area contributed by atoms with Crippen LogP contribution in [0.15, 0.2) is 30.3 Å². The standard InChI is InChI=1S/C22H20N2O2/c1-5-13-9-15-16(10-18(13)26-4)22(2,3)21-19(20(15)25)14-7-6-12(11-23)8-17(14)24-21/h6-10,24H,5H2,1-4H3. The second-order valence-corrected chi connectivity index (χ2v) is 7.26. The third-order valence-electron chi connectivity index (χ3n) is 5.50. The molecule has 0 amide bonds. The molecule has 4 rings (SSSR count). The Kier molecular flexibility index (Phi) is 3.45. The van der Waals surface area contributed by atoms with Crippen molar-refractivity contribution in [2.45, 2.75) is 32.6 Å². The molecular formula is C22H20N2O2. The van der Waals surface area contributed by atoms with E-state index >= 15 is 0 Å². The number of ether oxygens (including phenoxy) is 1. The first kappa shape index (κ1) is 16.4. The topological polar surface area (TPSA) is 65.9 Å². The molecule has 1 heterocycles. The van der Waals surface area contributed by atoms with E-state index in [0.29, 0.717) is 11.1 Å². The second-order valence-electron chi connectivity index (χ2n) is 7.26. The minimum atomic E-state index is -0.371. The molecule has 1 N–H and O–H groups in total. The number of H-pyrrole nitrogens is 1. The van der Waals surface area contributed by atoms with Gasteiger partial charge in [-0.1, -0.05) is 26.8 Å². The Morgan fingerprint density at radius 2 is 2.00 bits per heavy atom. The maximum absolute atomic E-state index is 13.4. The van der Waals surface area contributed by atoms with Crippen molar-refractivity contribution in [1.82, 2.24) is 4.98 Å². The summed E-state index contributed by atoms with van der Waals surface area (Å²) in [4.78, 5) is 16.8. The van der Waals surface area contributed by atoms with Crippen LogP contribution in [0.2, 0.25) is 0 Å². The predicted molar refractivity (Wildman–Crippen MR) is 101 cm³/mol. The van der Waals surface area contributed by atoms with Crippen molar-refractivity contribution in [2.75, 3.05) is 7.11 Å². The van der Waals surface area contributed by atoms with Gasteiger partial charge < -0.3 is 9.72 Å². The smallest absolute Gasteiger partial charge is 0.195 e. The Morgan fingerprint density at radius 1 is 1.23 bits per heavy atom. The molecule has 1 aromatic heterocycles. The lowest BCUT2D eigenvalue weighted by molar-refractivity contribution is 0.103. The lowest BCUT2D eigenvalue weighted by Gasteiger charge is -2.33. The number of rotatable bonds is 2. The van der Waals surface area contributed by atoms with Gasteiger partial charge >= 0.3 is 0 Å². The minimum Gasteiger partial charge on any atom is -0.496 e. The van der Waals surface area contributed by atoms with E-state index in [0.717, 1.165) is 45.5 Å². The first-order valence-corrected chi connectivity index (χ1v) is 8.74. The average Bonchev–Trinajstić information content (AvgIpc) is 3.05. The Labute approximate surface area is 152 Å². The van der Waals surface area contributed by atoms with E-state index in [4.69, 9.17) is 10.00 Å². The fourth-order valence-electron chi connectivity index (χ4n) is 4.04. The van der Waals surface area contributed by atoms with E-state index in [1.54, 1.807) is 19.2 Å². The van der Waals surface area contributed by atoms with Crippen LogP contribution >= 0.6 is 0 Å². The normalized spacial score (nSPS) is 14.7. The van der Waals surface area contributed by atoms with Crippen LogP contribution in [0.3, 0.4) is 0 Å². The maximum Gasteiger partial charge on any atom is 0.195 e. The van der Waals surface area contributed by atoms with Gasteiger partial charge in [-0.05, 0) is 41.8 Å². The van der Waals surface area contributed by atoms with Crippen molar-refractivity contribution >= 4 is 16.7 Å². The van der Waals surface area contributed by atoms with Crippen LogP contribution in [0, 0.1) is 11.3 Å². The molecule has 0 aliphatic heterocycles. The van der Waals surface area contributed by atoms with E-state index in [1.165, 1.54) is 0 Å². The van der Waals surface area contributed by atoms with Crippen molar-refractivity contribution < 1.29 is 9.53 Å². The summed E-state index contributed by atoms with van der Waals surface area (Å²) in [5.74, 6) is 0.848. The highest BCUT2D eigenvalue weighted by Crippen LogP contribution is 2.45. The molecule has 0 saturated heterocycles. The van der Waals surface area contributed by atoms with Gasteiger partial charge in [0, 0.05) is 27.6 Å². The number of aromatic nitrogens is 1. The molecule has 4 nitrogen and oxygen atoms in total. The Bertz CT molecular complexity index is 1110. The quantitative estimate of drug-likeness (QED) is 0.745. The van der Waals surface area contributed by atoms with Crippen LogP contribution in [0.4, 0.5) is 0 Å². The number of aromatic amines is 1. The van der Waals surface area contributed by atoms with Crippen molar-refractivity contribution in [3.63, 3.8) is 0 Å². The van der Waals surface area contributed by atoms with Gasteiger partial charge in [0.25, 0.3) is 0 Å². The van der Waals surface area contributed by atoms with Gasteiger partial charge in [0.15, 0.2) is 5.78 Å². The average molecular weight is 344 g/mol. The Morgan fingerprint density at radius 3 is 2.65 bits per heavy atom. The summed E-state index contributed by atoms with van der Waals surface area (Å²) in [6.07, 6.45) is 0.802. The number of carbonyl (C=O) groups is 1. The summed E-state index contributed by atoms with van der Waals surface area (Å²) in [5, 5.41) is 10.0. The maximum atomic E-state index is 13.4. The van der Waals surface area contributed by atoms with Crippen LogP contribution < -0.4 is 4.74 Å². The van der Waals surface area contributed by atoms with E-state index in [9.17, 15) is 4.79 Å². The highest BCUT2D eigenvalue weighted by Gasteiger charge is 2.40. The van der Waals surface area contributed by atoms with E-state index in [1.807, 2.05) is 18.2 Å². The van der Waals surface area contributed by atoms with Crippen molar-refractivity contribution in [2.24, 2.45) is 0 Å². The van der Waals surface area contributed by atoms with Gasteiger partial charge in [0.2, 0.25) is 0 Å². The molecule has 0 unspecified atom stereocenters. The number of nitrogens with zero attached hydrogens (tertiary/aromatic N) is 1. The Balaban J connectivity index is 2.05. The fourth-order valence-corrected chi connectivity index (χ4v) is 4.04. The lowest BCUT2D eigenvalue weighted by atomic mass is 9.70. The number of nitriles is 1. The predicted octanol–water partition coefficient (Wildman–Crippen LogP) is 4.48. The summed E-state index contributed by atoms with van der Waals surface area (Å²) in [6, 6.07) is 11.6. The van der Waals surface area contributed by atoms with E-state index < -0.39 is 0 Å². The molecule has 3 aromatic rings. The Hall–Kier alpha value is -3.06. The third-order valence-corrected chi connectivity index (χ3v) is 5.50. The van der Waals surface area contributed by atoms with Crippen LogP contribution in [-0.4, -0.2) is 17.9 Å². The highest BCUT2D eigenvalue weighted by molar-refractivity contribution is 6.20. The van der Waals surface area contributed by atoms with Crippen LogP contribution in [-0.2, 0) is 11.8 Å². The SMILES string of the molecule is CCc1cc2c(cc1OC)C(C)(C)c1[nH]c3cc(C#N)ccc3c1C2=O. The number of methoxy groups -OCH3 is 1. The lowest BCUT2D eigenvalue weighted by Crippen LogP contribution is -2.30. The largest absolute Gasteiger partial charge is 0.496 e. The van der Waals surface area contributed by atoms with Crippen molar-refractivity contribution in [3.8, 4) is 11.8 Å². The summed E-state index contributed by atoms with van der Waals surface area (Å²) in [6.45, 7) is 6.29. The molecule has 26 heavy (non-hydrogen) atoms. The van der Waals surface area contributed by atoms with Crippen LogP contribution in [0.1, 0.15) is 59.1 Å². The number of ketones is 1. The van der Waals surface area contributed by atoms with Gasteiger partial charge in [-0.15, -0.1) is 0 Å². The molecular weight excluding hydrogens is 324 g/mol. The van der Waals surface area contributed by atoms with Gasteiger partial charge in [-0.3, -0.25) is 4.79 Å². The molecule has 0 radical (unpaired) electrons. The van der Waals surface area contributed by atoms with Gasteiger partial charge in [0.1, 0.15) is 5.75 Å². The number of carbonyl (C=O) groups excluding carboxylic acids is 1. The van der Waals surface area contributed by atoms with Gasteiger partial charge in [0.05, 0.1) is 24.3 Å². The molecule has 0 spiro atoms. The number of fused-ring (bicyclic) bond motifs is 4. The molecule has 0 bridgehead atoms. The second kappa shape index (κ2) is 5.47. The van der Waals surface area contributed by atoms with Crippen molar-refractivity contribution in [3.05, 3.63) is 63.8 Å². The molecule has 1 aliphatic rings. The molecule has 0 atom stereocenters. The zero-order chi connectivity index (χ0) is 18.6. The molecule has 2 aromatic carbocycles. The zero-order valence-corrected chi connectivity index (χ0v) is 15.4. The van der Waals surface area contributed by atoms with Crippen LogP contribution in [0.5, 0.6) is 5.75 Å². The van der Waals surface area contributed by atoms with Crippen molar-refractivity contribution in [1.29, 1.82) is 5.26 Å². The van der Waals surface area contributed by atoms with Crippen LogP contribution in [0.25, 0.3) is 10.9 Å². The minimum absolute atomic E-state index is 0.0302. The zero-order valence-electron chi connectivity index (χ0n) is 15.4. The number of hydrogen-bond acceptors (Lipinski definition) is 3. The summed E-state index contributed by atoms with van der Waals surface area (Å²) >= 11 is 0. The molecule has 0 fully saturated rings. The van der Waals surface area contributed by atoms with E-state index in [-0.39, 0.29) is 11.2 Å². The number of benzene rings is 2. The molecule has 1 aliphatic carbocycles. The summed E-state index contributed by atoms with van der Waals surface area (Å²) < 4.78 is 5.55. The molecule has 4 heteroatoms. The van der Waals surface area contributed by atoms with Gasteiger partial charge in [-0.2, -0.15) is 5.26 Å². The summed E-state index contributed by atoms with van der Waals surface area (Å²) in [5.41, 5.74) is 5.39. The monoisotopic (exact) mass is 344 g/mol. The van der Waals surface area contributed by atoms with Gasteiger partial charge in [-0.25, -0.2) is 0 Å². The number of nitrogens with one attached hydrogen (secondary N) is 1. The number of aryl methyl sites for hydroxylation is 1. The summed E-state index contributed by atoms with van der Waals surface area (Å²) in [7, 11) is 1.66. The van der Waals surface area contributed by atoms with E-state index in [2.05, 4.69) is 31.8 Å². The number of hydrogen-bond donors (Lipinski definition) is 1. The first-order chi connectivity index (χ1) is 12.4. The molecule has 130 valence electrons. The third kappa shape index (κ3) is 2.04. The highest BCUT2D eigenvalue weighted by atomic mass is 16.5.